The van der Waals surface area contributed by atoms with E-state index in [1.54, 1.807) is 24.3 Å². The molecule has 0 saturated carbocycles. The molecule has 1 aliphatic rings. The van der Waals surface area contributed by atoms with E-state index >= 15 is 0 Å². The van der Waals surface area contributed by atoms with E-state index in [9.17, 15) is 0 Å². The van der Waals surface area contributed by atoms with Gasteiger partial charge in [0, 0.05) is 13.8 Å². The van der Waals surface area contributed by atoms with Gasteiger partial charge in [-0.05, 0) is 0 Å². The number of allylic oxidation sites excluding steroid dienone is 2. The Bertz CT molecular complexity index is 232. The number of hydrogen-bond acceptors (Lipinski definition) is 4. The molecular weight excluding hydrogens is 216 g/mol. The van der Waals surface area contributed by atoms with Gasteiger partial charge in [0.25, 0.3) is 11.9 Å². The van der Waals surface area contributed by atoms with Gasteiger partial charge < -0.3 is 20.4 Å². The van der Waals surface area contributed by atoms with E-state index in [0.29, 0.717) is 0 Å². The SMILES string of the molecule is CC(=O)O.CC(=O)O.O[C@H]1C=CC=C[C@@H]1O. The largest absolute Gasteiger partial charge is 0.481 e. The lowest BCUT2D eigenvalue weighted by Gasteiger charge is -2.11. The third-order valence-corrected chi connectivity index (χ3v) is 1.08. The fourth-order valence-corrected chi connectivity index (χ4v) is 0.584. The molecule has 0 spiro atoms. The normalized spacial score (nSPS) is 21.0. The topological polar surface area (TPSA) is 115 Å². The van der Waals surface area contributed by atoms with Gasteiger partial charge in [0.15, 0.2) is 0 Å². The standard InChI is InChI=1S/C6H8O2.2C2H4O2/c7-5-3-1-2-4-6(5)8;2*1-2(3)4/h1-8H;2*1H3,(H,3,4)/t5-,6-;;/m0../s1. The zero-order valence-electron chi connectivity index (χ0n) is 9.07. The zero-order valence-corrected chi connectivity index (χ0v) is 9.07. The fourth-order valence-electron chi connectivity index (χ4n) is 0.584. The van der Waals surface area contributed by atoms with Crippen molar-refractivity contribution in [1.82, 2.24) is 0 Å². The van der Waals surface area contributed by atoms with Crippen molar-refractivity contribution in [2.24, 2.45) is 0 Å². The maximum Gasteiger partial charge on any atom is 0.300 e. The molecule has 0 aromatic carbocycles. The van der Waals surface area contributed by atoms with Crippen molar-refractivity contribution in [2.75, 3.05) is 0 Å². The minimum atomic E-state index is -0.833. The summed E-state index contributed by atoms with van der Waals surface area (Å²) in [6, 6.07) is 0. The van der Waals surface area contributed by atoms with E-state index in [1.165, 1.54) is 0 Å². The molecule has 2 atom stereocenters. The number of hydrogen-bond donors (Lipinski definition) is 4. The lowest BCUT2D eigenvalue weighted by Crippen LogP contribution is -2.22. The molecule has 0 aromatic rings. The first kappa shape index (κ1) is 16.8. The quantitative estimate of drug-likeness (QED) is 0.468. The Morgan fingerprint density at radius 3 is 1.19 bits per heavy atom. The summed E-state index contributed by atoms with van der Waals surface area (Å²) in [7, 11) is 0. The molecule has 0 bridgehead atoms. The van der Waals surface area contributed by atoms with Gasteiger partial charge in [-0.2, -0.15) is 0 Å². The van der Waals surface area contributed by atoms with Gasteiger partial charge in [-0.25, -0.2) is 0 Å². The maximum atomic E-state index is 9.00. The number of rotatable bonds is 0. The van der Waals surface area contributed by atoms with Crippen molar-refractivity contribution < 1.29 is 30.0 Å². The second-order valence-electron chi connectivity index (χ2n) is 2.79. The summed E-state index contributed by atoms with van der Waals surface area (Å²) in [6.45, 7) is 2.17. The Morgan fingerprint density at radius 2 is 1.06 bits per heavy atom. The summed E-state index contributed by atoms with van der Waals surface area (Å²) in [4.78, 5) is 18.0. The molecule has 0 aromatic heterocycles. The molecule has 0 amide bonds. The Kier molecular flexibility index (Phi) is 10.3. The molecule has 6 heteroatoms. The molecule has 0 aliphatic heterocycles. The van der Waals surface area contributed by atoms with Crippen molar-refractivity contribution in [3.63, 3.8) is 0 Å². The number of aliphatic hydroxyl groups is 2. The lowest BCUT2D eigenvalue weighted by molar-refractivity contribution is -0.135. The predicted octanol–water partition coefficient (Wildman–Crippen LogP) is 0.0160. The third kappa shape index (κ3) is 18.2. The van der Waals surface area contributed by atoms with E-state index in [2.05, 4.69) is 0 Å². The Hall–Kier alpha value is -1.66. The van der Waals surface area contributed by atoms with Gasteiger partial charge in [0.1, 0.15) is 12.2 Å². The summed E-state index contributed by atoms with van der Waals surface area (Å²) in [5.41, 5.74) is 0. The molecule has 1 aliphatic carbocycles. The lowest BCUT2D eigenvalue weighted by atomic mass is 10.1. The van der Waals surface area contributed by atoms with Crippen molar-refractivity contribution in [2.45, 2.75) is 26.1 Å². The second kappa shape index (κ2) is 9.88. The highest BCUT2D eigenvalue weighted by atomic mass is 16.4. The van der Waals surface area contributed by atoms with Crippen molar-refractivity contribution in [1.29, 1.82) is 0 Å². The molecule has 0 fully saturated rings. The highest BCUT2D eigenvalue weighted by Gasteiger charge is 2.09. The van der Waals surface area contributed by atoms with Crippen molar-refractivity contribution in [3.8, 4) is 0 Å². The first-order valence-corrected chi connectivity index (χ1v) is 4.37. The monoisotopic (exact) mass is 232 g/mol. The van der Waals surface area contributed by atoms with Crippen LogP contribution in [0.25, 0.3) is 0 Å². The van der Waals surface area contributed by atoms with Gasteiger partial charge in [0.05, 0.1) is 0 Å². The average Bonchev–Trinajstić information content (AvgIpc) is 2.08. The smallest absolute Gasteiger partial charge is 0.300 e. The fraction of sp³-hybridized carbons (Fsp3) is 0.400. The minimum Gasteiger partial charge on any atom is -0.481 e. The Balaban J connectivity index is 0. The first-order chi connectivity index (χ1) is 7.27. The van der Waals surface area contributed by atoms with Gasteiger partial charge in [-0.1, -0.05) is 24.3 Å². The van der Waals surface area contributed by atoms with Crippen LogP contribution in [0.2, 0.25) is 0 Å². The van der Waals surface area contributed by atoms with E-state index in [0.717, 1.165) is 13.8 Å². The van der Waals surface area contributed by atoms with Crippen LogP contribution < -0.4 is 0 Å². The first-order valence-electron chi connectivity index (χ1n) is 4.37. The van der Waals surface area contributed by atoms with E-state index in [-0.39, 0.29) is 0 Å². The summed E-state index contributed by atoms with van der Waals surface area (Å²) in [6.07, 6.45) is 5.09. The van der Waals surface area contributed by atoms with Crippen molar-refractivity contribution >= 4 is 11.9 Å². The molecule has 0 heterocycles. The van der Waals surface area contributed by atoms with Gasteiger partial charge >= 0.3 is 0 Å². The van der Waals surface area contributed by atoms with Crippen molar-refractivity contribution in [3.05, 3.63) is 24.3 Å². The average molecular weight is 232 g/mol. The molecule has 0 radical (unpaired) electrons. The summed E-state index contributed by atoms with van der Waals surface area (Å²) >= 11 is 0. The van der Waals surface area contributed by atoms with Gasteiger partial charge in [0.2, 0.25) is 0 Å². The highest BCUT2D eigenvalue weighted by Crippen LogP contribution is 2.02. The molecule has 0 unspecified atom stereocenters. The molecule has 92 valence electrons. The number of carboxylic acid groups (broad SMARTS) is 2. The predicted molar refractivity (Wildman–Crippen MR) is 56.9 cm³/mol. The molecule has 4 N–H and O–H groups in total. The number of carboxylic acids is 2. The number of carbonyl (C=O) groups is 2. The van der Waals surface area contributed by atoms with Crippen LogP contribution in [0.5, 0.6) is 0 Å². The van der Waals surface area contributed by atoms with E-state index < -0.39 is 24.1 Å². The second-order valence-corrected chi connectivity index (χ2v) is 2.79. The minimum absolute atomic E-state index is 0.708. The van der Waals surface area contributed by atoms with Gasteiger partial charge in [-0.3, -0.25) is 9.59 Å². The van der Waals surface area contributed by atoms with E-state index in [4.69, 9.17) is 30.0 Å². The third-order valence-electron chi connectivity index (χ3n) is 1.08. The molecule has 6 nitrogen and oxygen atoms in total. The summed E-state index contributed by atoms with van der Waals surface area (Å²) in [5.74, 6) is -1.67. The Labute approximate surface area is 93.2 Å². The van der Waals surface area contributed by atoms with Crippen LogP contribution in [0.15, 0.2) is 24.3 Å². The van der Waals surface area contributed by atoms with Crippen LogP contribution in [-0.2, 0) is 9.59 Å². The Morgan fingerprint density at radius 1 is 0.875 bits per heavy atom. The molecule has 0 saturated heterocycles. The molecule has 1 rings (SSSR count). The molecule has 16 heavy (non-hydrogen) atoms. The molecular formula is C10H16O6. The van der Waals surface area contributed by atoms with Gasteiger partial charge in [-0.15, -0.1) is 0 Å². The van der Waals surface area contributed by atoms with Crippen LogP contribution in [0.4, 0.5) is 0 Å². The van der Waals surface area contributed by atoms with Crippen LogP contribution in [0.3, 0.4) is 0 Å². The summed E-state index contributed by atoms with van der Waals surface area (Å²) < 4.78 is 0. The van der Waals surface area contributed by atoms with Crippen LogP contribution in [0.1, 0.15) is 13.8 Å². The maximum absolute atomic E-state index is 9.00. The van der Waals surface area contributed by atoms with Crippen LogP contribution >= 0.6 is 0 Å². The van der Waals surface area contributed by atoms with Crippen LogP contribution in [0, 0.1) is 0 Å². The summed E-state index contributed by atoms with van der Waals surface area (Å²) in [5, 5.41) is 32.4. The highest BCUT2D eigenvalue weighted by molar-refractivity contribution is 5.63. The zero-order chi connectivity index (χ0) is 13.1. The van der Waals surface area contributed by atoms with E-state index in [1.807, 2.05) is 0 Å². The van der Waals surface area contributed by atoms with Crippen LogP contribution in [-0.4, -0.2) is 44.6 Å². The number of aliphatic hydroxyl groups excluding tert-OH is 2. The number of aliphatic carboxylic acids is 2.